The lowest BCUT2D eigenvalue weighted by molar-refractivity contribution is -0.163. The molecule has 4 heteroatoms. The smallest absolute Gasteiger partial charge is 0.299 e. The van der Waals surface area contributed by atoms with E-state index < -0.39 is 12.2 Å². The average Bonchev–Trinajstić information content (AvgIpc) is 2.31. The lowest BCUT2D eigenvalue weighted by Gasteiger charge is -2.33. The van der Waals surface area contributed by atoms with E-state index >= 15 is 0 Å². The van der Waals surface area contributed by atoms with Gasteiger partial charge in [-0.25, -0.2) is 0 Å². The third-order valence-corrected chi connectivity index (χ3v) is 3.59. The van der Waals surface area contributed by atoms with Gasteiger partial charge >= 0.3 is 6.18 Å². The molecule has 100 valence electrons. The van der Waals surface area contributed by atoms with Gasteiger partial charge in [0.25, 0.3) is 0 Å². The normalized spacial score (nSPS) is 25.2. The molecular weight excluding hydrogens is 239 g/mol. The Morgan fingerprint density at radius 3 is 2.56 bits per heavy atom. The maximum atomic E-state index is 12.7. The minimum atomic E-state index is -4.14. The van der Waals surface area contributed by atoms with E-state index in [1.54, 1.807) is 0 Å². The minimum absolute atomic E-state index is 0.176. The number of halogens is 3. The second-order valence-electron chi connectivity index (χ2n) is 5.10. The molecule has 1 nitrogen and oxygen atoms in total. The molecule has 0 aliphatic carbocycles. The summed E-state index contributed by atoms with van der Waals surface area (Å²) in [7, 11) is 0. The SMILES string of the molecule is Cc1ccc(C)c(C2CCCC(C(F)(F)F)N2)c1. The quantitative estimate of drug-likeness (QED) is 0.800. The van der Waals surface area contributed by atoms with Crippen LogP contribution >= 0.6 is 0 Å². The van der Waals surface area contributed by atoms with Gasteiger partial charge < -0.3 is 0 Å². The van der Waals surface area contributed by atoms with E-state index in [4.69, 9.17) is 0 Å². The van der Waals surface area contributed by atoms with E-state index in [2.05, 4.69) is 5.32 Å². The summed E-state index contributed by atoms with van der Waals surface area (Å²) < 4.78 is 38.2. The summed E-state index contributed by atoms with van der Waals surface area (Å²) in [5.41, 5.74) is 3.15. The molecule has 0 aromatic heterocycles. The van der Waals surface area contributed by atoms with Crippen LogP contribution in [0.5, 0.6) is 0 Å². The van der Waals surface area contributed by atoms with Crippen molar-refractivity contribution in [2.75, 3.05) is 0 Å². The highest BCUT2D eigenvalue weighted by molar-refractivity contribution is 5.33. The third kappa shape index (κ3) is 2.86. The fraction of sp³-hybridized carbons (Fsp3) is 0.571. The molecule has 0 bridgehead atoms. The van der Waals surface area contributed by atoms with Crippen LogP contribution in [0, 0.1) is 13.8 Å². The molecule has 1 aromatic rings. The van der Waals surface area contributed by atoms with Gasteiger partial charge in [0.1, 0.15) is 6.04 Å². The number of aryl methyl sites for hydroxylation is 2. The molecule has 1 heterocycles. The van der Waals surface area contributed by atoms with Crippen LogP contribution in [0.4, 0.5) is 13.2 Å². The molecule has 1 fully saturated rings. The average molecular weight is 257 g/mol. The zero-order valence-electron chi connectivity index (χ0n) is 10.6. The number of rotatable bonds is 1. The Morgan fingerprint density at radius 2 is 1.89 bits per heavy atom. The molecule has 1 aliphatic heterocycles. The largest absolute Gasteiger partial charge is 0.403 e. The van der Waals surface area contributed by atoms with E-state index in [1.807, 2.05) is 32.0 Å². The Balaban J connectivity index is 2.21. The van der Waals surface area contributed by atoms with Crippen LogP contribution in [0.2, 0.25) is 0 Å². The van der Waals surface area contributed by atoms with Gasteiger partial charge in [-0.1, -0.05) is 23.8 Å². The lowest BCUT2D eigenvalue weighted by Crippen LogP contribution is -2.46. The predicted molar refractivity (Wildman–Crippen MR) is 65.5 cm³/mol. The molecule has 1 aliphatic rings. The predicted octanol–water partition coefficient (Wildman–Crippen LogP) is 4.05. The first kappa shape index (κ1) is 13.4. The molecule has 2 atom stereocenters. The molecule has 1 saturated heterocycles. The van der Waals surface area contributed by atoms with Gasteiger partial charge in [-0.3, -0.25) is 5.32 Å². The Hall–Kier alpha value is -1.03. The molecule has 0 saturated carbocycles. The number of hydrogen-bond acceptors (Lipinski definition) is 1. The summed E-state index contributed by atoms with van der Waals surface area (Å²) in [6.45, 7) is 3.92. The van der Waals surface area contributed by atoms with Crippen LogP contribution in [0.15, 0.2) is 18.2 Å². The Morgan fingerprint density at radius 1 is 1.17 bits per heavy atom. The molecule has 1 N–H and O–H groups in total. The van der Waals surface area contributed by atoms with Crippen molar-refractivity contribution in [3.05, 3.63) is 34.9 Å². The molecule has 1 aromatic carbocycles. The highest BCUT2D eigenvalue weighted by Crippen LogP contribution is 2.34. The third-order valence-electron chi connectivity index (χ3n) is 3.59. The molecule has 2 unspecified atom stereocenters. The van der Waals surface area contributed by atoms with Gasteiger partial charge in [0.05, 0.1) is 0 Å². The van der Waals surface area contributed by atoms with Crippen LogP contribution in [0.25, 0.3) is 0 Å². The summed E-state index contributed by atoms with van der Waals surface area (Å²) in [5, 5.41) is 2.75. The minimum Gasteiger partial charge on any atom is -0.299 e. The van der Waals surface area contributed by atoms with Crippen molar-refractivity contribution >= 4 is 0 Å². The number of piperidine rings is 1. The summed E-state index contributed by atoms with van der Waals surface area (Å²) in [6.07, 6.45) is -2.56. The monoisotopic (exact) mass is 257 g/mol. The van der Waals surface area contributed by atoms with Crippen molar-refractivity contribution in [3.63, 3.8) is 0 Å². The fourth-order valence-electron chi connectivity index (χ4n) is 2.57. The Bertz CT molecular complexity index is 426. The van der Waals surface area contributed by atoms with Gasteiger partial charge in [0.2, 0.25) is 0 Å². The van der Waals surface area contributed by atoms with Crippen LogP contribution in [-0.4, -0.2) is 12.2 Å². The molecular formula is C14H18F3N. The van der Waals surface area contributed by atoms with Crippen LogP contribution in [0.3, 0.4) is 0 Å². The Kier molecular flexibility index (Phi) is 3.66. The van der Waals surface area contributed by atoms with Crippen molar-refractivity contribution in [2.24, 2.45) is 0 Å². The van der Waals surface area contributed by atoms with Crippen molar-refractivity contribution in [1.82, 2.24) is 5.32 Å². The van der Waals surface area contributed by atoms with Crippen LogP contribution < -0.4 is 5.32 Å². The van der Waals surface area contributed by atoms with Crippen LogP contribution in [-0.2, 0) is 0 Å². The number of benzene rings is 1. The maximum absolute atomic E-state index is 12.7. The van der Waals surface area contributed by atoms with E-state index in [9.17, 15) is 13.2 Å². The zero-order valence-corrected chi connectivity index (χ0v) is 10.6. The number of hydrogen-bond donors (Lipinski definition) is 1. The first-order chi connectivity index (χ1) is 8.38. The molecule has 0 amide bonds. The fourth-order valence-corrected chi connectivity index (χ4v) is 2.57. The second-order valence-corrected chi connectivity index (χ2v) is 5.10. The summed E-state index contributed by atoms with van der Waals surface area (Å²) in [5.74, 6) is 0. The van der Waals surface area contributed by atoms with Gasteiger partial charge in [-0.2, -0.15) is 13.2 Å². The highest BCUT2D eigenvalue weighted by Gasteiger charge is 2.42. The van der Waals surface area contributed by atoms with Gasteiger partial charge in [0, 0.05) is 6.04 Å². The summed E-state index contributed by atoms with van der Waals surface area (Å²) >= 11 is 0. The molecule has 18 heavy (non-hydrogen) atoms. The topological polar surface area (TPSA) is 12.0 Å². The van der Waals surface area contributed by atoms with Gasteiger partial charge in [-0.15, -0.1) is 0 Å². The molecule has 0 radical (unpaired) electrons. The van der Waals surface area contributed by atoms with Gasteiger partial charge in [-0.05, 0) is 44.2 Å². The molecule has 2 rings (SSSR count). The van der Waals surface area contributed by atoms with Crippen LogP contribution in [0.1, 0.15) is 42.0 Å². The van der Waals surface area contributed by atoms with Crippen molar-refractivity contribution < 1.29 is 13.2 Å². The number of alkyl halides is 3. The van der Waals surface area contributed by atoms with E-state index in [-0.39, 0.29) is 12.5 Å². The van der Waals surface area contributed by atoms with Crippen molar-refractivity contribution in [3.8, 4) is 0 Å². The lowest BCUT2D eigenvalue weighted by atomic mass is 9.90. The van der Waals surface area contributed by atoms with Gasteiger partial charge in [0.15, 0.2) is 0 Å². The summed E-state index contributed by atoms with van der Waals surface area (Å²) in [4.78, 5) is 0. The molecule has 0 spiro atoms. The Labute approximate surface area is 105 Å². The zero-order chi connectivity index (χ0) is 13.3. The number of nitrogens with one attached hydrogen (secondary N) is 1. The maximum Gasteiger partial charge on any atom is 0.403 e. The first-order valence-corrected chi connectivity index (χ1v) is 6.28. The highest BCUT2D eigenvalue weighted by atomic mass is 19.4. The first-order valence-electron chi connectivity index (χ1n) is 6.28. The summed E-state index contributed by atoms with van der Waals surface area (Å²) in [6, 6.07) is 4.42. The van der Waals surface area contributed by atoms with Crippen molar-refractivity contribution in [1.29, 1.82) is 0 Å². The second kappa shape index (κ2) is 4.92. The van der Waals surface area contributed by atoms with E-state index in [0.29, 0.717) is 6.42 Å². The van der Waals surface area contributed by atoms with E-state index in [0.717, 1.165) is 23.1 Å². The standard InChI is InChI=1S/C14H18F3N/c1-9-6-7-10(2)11(8-9)12-4-3-5-13(18-12)14(15,16)17/h6-8,12-13,18H,3-5H2,1-2H3. The van der Waals surface area contributed by atoms with Crippen molar-refractivity contribution in [2.45, 2.75) is 51.4 Å². The van der Waals surface area contributed by atoms with E-state index in [1.165, 1.54) is 0 Å².